The van der Waals surface area contributed by atoms with Gasteiger partial charge in [0, 0.05) is 17.2 Å². The molecule has 1 fully saturated rings. The van der Waals surface area contributed by atoms with E-state index in [1.54, 1.807) is 36.4 Å². The van der Waals surface area contributed by atoms with Crippen molar-refractivity contribution in [1.29, 1.82) is 0 Å². The van der Waals surface area contributed by atoms with Crippen molar-refractivity contribution >= 4 is 17.2 Å². The van der Waals surface area contributed by atoms with Crippen LogP contribution in [0.3, 0.4) is 0 Å². The van der Waals surface area contributed by atoms with Gasteiger partial charge in [0.1, 0.15) is 5.69 Å². The lowest BCUT2D eigenvalue weighted by Crippen LogP contribution is -3.14. The van der Waals surface area contributed by atoms with Gasteiger partial charge in [-0.1, -0.05) is 30.3 Å². The number of likely N-dealkylation sites (N-methyl/N-ethyl adjacent to an activating group) is 1. The second-order valence-electron chi connectivity index (χ2n) is 6.25. The highest BCUT2D eigenvalue weighted by molar-refractivity contribution is 6.09. The number of anilines is 1. The van der Waals surface area contributed by atoms with Crippen LogP contribution in [0.2, 0.25) is 0 Å². The molecule has 0 amide bonds. The number of hydrogen-bond acceptors (Lipinski definition) is 4. The topological polar surface area (TPSA) is 67.9 Å². The van der Waals surface area contributed by atoms with Crippen molar-refractivity contribution in [2.45, 2.75) is 6.92 Å². The summed E-state index contributed by atoms with van der Waals surface area (Å²) in [5, 5.41) is 11.6. The van der Waals surface area contributed by atoms with Gasteiger partial charge in [-0.25, -0.2) is 0 Å². The molecule has 25 heavy (non-hydrogen) atoms. The number of carbonyl (C=O) groups excluding carboxylic acids is 1. The second kappa shape index (κ2) is 7.44. The van der Waals surface area contributed by atoms with E-state index in [1.165, 1.54) is 11.0 Å². The highest BCUT2D eigenvalue weighted by atomic mass is 16.6. The van der Waals surface area contributed by atoms with Crippen molar-refractivity contribution in [2.75, 3.05) is 37.6 Å². The smallest absolute Gasteiger partial charge is 0.293 e. The molecular weight excluding hydrogens is 318 g/mol. The van der Waals surface area contributed by atoms with Crippen molar-refractivity contribution in [3.05, 3.63) is 69.8 Å². The Hall–Kier alpha value is -2.73. The van der Waals surface area contributed by atoms with E-state index in [4.69, 9.17) is 0 Å². The van der Waals surface area contributed by atoms with Crippen LogP contribution in [0.1, 0.15) is 22.8 Å². The van der Waals surface area contributed by atoms with Gasteiger partial charge < -0.3 is 9.80 Å². The fraction of sp³-hybridized carbons (Fsp3) is 0.316. The molecule has 0 spiro atoms. The molecule has 0 radical (unpaired) electrons. The molecule has 2 aromatic carbocycles. The van der Waals surface area contributed by atoms with E-state index in [0.717, 1.165) is 32.7 Å². The number of nitrogens with one attached hydrogen (secondary N) is 1. The molecule has 0 unspecified atom stereocenters. The molecule has 1 N–H and O–H groups in total. The lowest BCUT2D eigenvalue weighted by atomic mass is 10.0. The van der Waals surface area contributed by atoms with Crippen LogP contribution >= 0.6 is 0 Å². The number of quaternary nitrogens is 1. The number of piperazine rings is 1. The first-order valence-corrected chi connectivity index (χ1v) is 8.57. The number of rotatable bonds is 5. The van der Waals surface area contributed by atoms with E-state index in [1.807, 2.05) is 11.0 Å². The summed E-state index contributed by atoms with van der Waals surface area (Å²) in [5.74, 6) is -0.199. The zero-order valence-electron chi connectivity index (χ0n) is 14.3. The van der Waals surface area contributed by atoms with Gasteiger partial charge >= 0.3 is 0 Å². The Morgan fingerprint density at radius 2 is 1.80 bits per heavy atom. The van der Waals surface area contributed by atoms with Crippen LogP contribution in [-0.2, 0) is 0 Å². The Bertz CT molecular complexity index is 769. The zero-order valence-corrected chi connectivity index (χ0v) is 14.3. The van der Waals surface area contributed by atoms with Gasteiger partial charge in [0.05, 0.1) is 37.6 Å². The van der Waals surface area contributed by atoms with Crippen LogP contribution < -0.4 is 9.80 Å². The number of hydrogen-bond donors (Lipinski definition) is 1. The summed E-state index contributed by atoms with van der Waals surface area (Å²) in [6.07, 6.45) is 0. The van der Waals surface area contributed by atoms with Crippen LogP contribution in [0, 0.1) is 10.1 Å². The van der Waals surface area contributed by atoms with Gasteiger partial charge in [-0.15, -0.1) is 0 Å². The van der Waals surface area contributed by atoms with Crippen molar-refractivity contribution < 1.29 is 14.6 Å². The fourth-order valence-corrected chi connectivity index (χ4v) is 3.25. The number of nitro benzene ring substituents is 1. The van der Waals surface area contributed by atoms with Gasteiger partial charge in [0.2, 0.25) is 0 Å². The van der Waals surface area contributed by atoms with Gasteiger partial charge in [-0.2, -0.15) is 0 Å². The highest BCUT2D eigenvalue weighted by Crippen LogP contribution is 2.30. The molecule has 1 heterocycles. The summed E-state index contributed by atoms with van der Waals surface area (Å²) >= 11 is 0. The quantitative estimate of drug-likeness (QED) is 0.509. The minimum atomic E-state index is -0.393. The molecular formula is C19H22N3O3+. The summed E-state index contributed by atoms with van der Waals surface area (Å²) in [7, 11) is 0. The zero-order chi connectivity index (χ0) is 17.8. The molecule has 1 aliphatic rings. The summed E-state index contributed by atoms with van der Waals surface area (Å²) in [4.78, 5) is 27.3. The molecule has 6 heteroatoms. The monoisotopic (exact) mass is 340 g/mol. The molecule has 0 aliphatic carbocycles. The summed E-state index contributed by atoms with van der Waals surface area (Å²) < 4.78 is 0. The van der Waals surface area contributed by atoms with E-state index in [2.05, 4.69) is 6.92 Å². The number of benzene rings is 2. The second-order valence-corrected chi connectivity index (χ2v) is 6.25. The number of nitro groups is 1. The van der Waals surface area contributed by atoms with Crippen molar-refractivity contribution in [3.8, 4) is 0 Å². The minimum absolute atomic E-state index is 0.00160. The molecule has 0 aromatic heterocycles. The SMILES string of the molecule is CC[NH+]1CCN(c2ccc(C(=O)c3ccccc3)cc2[N+](=O)[O-])CC1. The first-order chi connectivity index (χ1) is 12.1. The highest BCUT2D eigenvalue weighted by Gasteiger charge is 2.26. The molecule has 0 atom stereocenters. The van der Waals surface area contributed by atoms with Crippen molar-refractivity contribution in [2.24, 2.45) is 0 Å². The Morgan fingerprint density at radius 3 is 2.40 bits per heavy atom. The van der Waals surface area contributed by atoms with Gasteiger partial charge in [0.25, 0.3) is 5.69 Å². The van der Waals surface area contributed by atoms with Crippen molar-refractivity contribution in [1.82, 2.24) is 0 Å². The summed E-state index contributed by atoms with van der Waals surface area (Å²) in [6, 6.07) is 13.6. The van der Waals surface area contributed by atoms with E-state index in [-0.39, 0.29) is 11.5 Å². The van der Waals surface area contributed by atoms with Crippen LogP contribution in [0.15, 0.2) is 48.5 Å². The Morgan fingerprint density at radius 1 is 1.12 bits per heavy atom. The third-order valence-electron chi connectivity index (χ3n) is 4.78. The Balaban J connectivity index is 1.89. The molecule has 130 valence electrons. The average molecular weight is 340 g/mol. The van der Waals surface area contributed by atoms with E-state index < -0.39 is 4.92 Å². The molecule has 0 bridgehead atoms. The molecule has 0 saturated carbocycles. The average Bonchev–Trinajstić information content (AvgIpc) is 2.67. The molecule has 6 nitrogen and oxygen atoms in total. The number of ketones is 1. The Kier molecular flexibility index (Phi) is 5.09. The van der Waals surface area contributed by atoms with Gasteiger partial charge in [0.15, 0.2) is 5.78 Å². The maximum atomic E-state index is 12.6. The number of nitrogens with zero attached hydrogens (tertiary/aromatic N) is 2. The van der Waals surface area contributed by atoms with Crippen LogP contribution in [0.5, 0.6) is 0 Å². The third kappa shape index (κ3) is 3.69. The summed E-state index contributed by atoms with van der Waals surface area (Å²) in [6.45, 7) is 6.74. The van der Waals surface area contributed by atoms with Gasteiger partial charge in [-0.05, 0) is 19.1 Å². The number of carbonyl (C=O) groups is 1. The first-order valence-electron chi connectivity index (χ1n) is 8.57. The summed E-state index contributed by atoms with van der Waals surface area (Å²) in [5.41, 5.74) is 1.48. The largest absolute Gasteiger partial charge is 0.355 e. The molecule has 3 rings (SSSR count). The van der Waals surface area contributed by atoms with E-state index >= 15 is 0 Å². The predicted molar refractivity (Wildman–Crippen MR) is 96.4 cm³/mol. The van der Waals surface area contributed by atoms with E-state index in [0.29, 0.717) is 16.8 Å². The van der Waals surface area contributed by atoms with E-state index in [9.17, 15) is 14.9 Å². The van der Waals surface area contributed by atoms with Crippen LogP contribution in [0.4, 0.5) is 11.4 Å². The van der Waals surface area contributed by atoms with Crippen LogP contribution in [-0.4, -0.2) is 43.4 Å². The normalized spacial score (nSPS) is 15.2. The fourth-order valence-electron chi connectivity index (χ4n) is 3.25. The van der Waals surface area contributed by atoms with Gasteiger partial charge in [-0.3, -0.25) is 14.9 Å². The first kappa shape index (κ1) is 17.1. The third-order valence-corrected chi connectivity index (χ3v) is 4.78. The Labute approximate surface area is 146 Å². The molecule has 1 saturated heterocycles. The lowest BCUT2D eigenvalue weighted by Gasteiger charge is -2.32. The van der Waals surface area contributed by atoms with Crippen LogP contribution in [0.25, 0.3) is 0 Å². The molecule has 1 aliphatic heterocycles. The lowest BCUT2D eigenvalue weighted by molar-refractivity contribution is -0.898. The van der Waals surface area contributed by atoms with Crippen molar-refractivity contribution in [3.63, 3.8) is 0 Å². The predicted octanol–water partition coefficient (Wildman–Crippen LogP) is 1.55. The standard InChI is InChI=1S/C19H21N3O3/c1-2-20-10-12-21(13-11-20)17-9-8-16(14-18(17)22(24)25)19(23)15-6-4-3-5-7-15/h3-9,14H,2,10-13H2,1H3/p+1. The minimum Gasteiger partial charge on any atom is -0.355 e. The maximum absolute atomic E-state index is 12.6. The molecule has 2 aromatic rings. The maximum Gasteiger partial charge on any atom is 0.293 e.